The second-order valence-corrected chi connectivity index (χ2v) is 5.78. The van der Waals surface area contributed by atoms with Crippen LogP contribution in [0.3, 0.4) is 0 Å². The number of aryl methyl sites for hydroxylation is 1. The van der Waals surface area contributed by atoms with Crippen molar-refractivity contribution >= 4 is 17.5 Å². The predicted molar refractivity (Wildman–Crippen MR) is 96.9 cm³/mol. The molecule has 138 valence electrons. The van der Waals surface area contributed by atoms with Crippen LogP contribution in [0, 0.1) is 6.92 Å². The summed E-state index contributed by atoms with van der Waals surface area (Å²) in [5, 5.41) is 26.2. The molecule has 0 unspecified atom stereocenters. The number of hydrogen-bond acceptors (Lipinski definition) is 6. The van der Waals surface area contributed by atoms with Crippen molar-refractivity contribution in [3.8, 4) is 5.69 Å². The summed E-state index contributed by atoms with van der Waals surface area (Å²) >= 11 is 0. The molecule has 3 N–H and O–H groups in total. The lowest BCUT2D eigenvalue weighted by atomic mass is 10.1. The summed E-state index contributed by atoms with van der Waals surface area (Å²) in [6.07, 6.45) is -0.894. The molecule has 0 radical (unpaired) electrons. The summed E-state index contributed by atoms with van der Waals surface area (Å²) in [6, 6.07) is 15.7. The van der Waals surface area contributed by atoms with Gasteiger partial charge in [0, 0.05) is 12.2 Å². The Morgan fingerprint density at radius 2 is 1.89 bits per heavy atom. The summed E-state index contributed by atoms with van der Waals surface area (Å²) < 4.78 is 1.51. The topological polar surface area (TPSA) is 122 Å². The first kappa shape index (κ1) is 18.2. The maximum Gasteiger partial charge on any atom is 0.313 e. The number of carbonyl (C=O) groups is 2. The van der Waals surface area contributed by atoms with Crippen molar-refractivity contribution in [2.24, 2.45) is 0 Å². The van der Waals surface area contributed by atoms with Crippen LogP contribution in [0.4, 0.5) is 5.69 Å². The summed E-state index contributed by atoms with van der Waals surface area (Å²) in [4.78, 5) is 24.1. The van der Waals surface area contributed by atoms with Crippen molar-refractivity contribution in [3.63, 3.8) is 0 Å². The van der Waals surface area contributed by atoms with E-state index in [2.05, 4.69) is 26.2 Å². The van der Waals surface area contributed by atoms with Gasteiger partial charge in [0.1, 0.15) is 0 Å². The molecule has 1 aromatic heterocycles. The van der Waals surface area contributed by atoms with Crippen molar-refractivity contribution in [1.29, 1.82) is 0 Å². The summed E-state index contributed by atoms with van der Waals surface area (Å²) in [7, 11) is 0. The third-order valence-electron chi connectivity index (χ3n) is 3.82. The van der Waals surface area contributed by atoms with Gasteiger partial charge in [0.05, 0.1) is 11.8 Å². The largest absolute Gasteiger partial charge is 0.387 e. The highest BCUT2D eigenvalue weighted by Crippen LogP contribution is 2.15. The smallest absolute Gasteiger partial charge is 0.313 e. The molecule has 3 rings (SSSR count). The molecular weight excluding hydrogens is 348 g/mol. The highest BCUT2D eigenvalue weighted by Gasteiger charge is 2.16. The Morgan fingerprint density at radius 1 is 1.11 bits per heavy atom. The summed E-state index contributed by atoms with van der Waals surface area (Å²) in [5.74, 6) is -1.08. The number of hydrogen-bond donors (Lipinski definition) is 3. The van der Waals surface area contributed by atoms with E-state index in [1.807, 2.05) is 6.07 Å². The Labute approximate surface area is 155 Å². The lowest BCUT2D eigenvalue weighted by molar-refractivity contribution is -0.136. The molecule has 1 heterocycles. The van der Waals surface area contributed by atoms with Gasteiger partial charge in [-0.15, -0.1) is 5.10 Å². The van der Waals surface area contributed by atoms with E-state index in [1.165, 1.54) is 4.68 Å². The molecule has 9 nitrogen and oxygen atoms in total. The summed E-state index contributed by atoms with van der Waals surface area (Å²) in [5.41, 5.74) is 1.73. The molecule has 2 aromatic carbocycles. The first-order valence-corrected chi connectivity index (χ1v) is 8.22. The zero-order valence-electron chi connectivity index (χ0n) is 14.5. The second kappa shape index (κ2) is 8.19. The fourth-order valence-electron chi connectivity index (χ4n) is 2.44. The number of amides is 2. The predicted octanol–water partition coefficient (Wildman–Crippen LogP) is 0.759. The van der Waals surface area contributed by atoms with E-state index in [4.69, 9.17) is 0 Å². The van der Waals surface area contributed by atoms with Crippen LogP contribution in [-0.2, 0) is 9.59 Å². The van der Waals surface area contributed by atoms with E-state index in [0.29, 0.717) is 22.8 Å². The van der Waals surface area contributed by atoms with Crippen LogP contribution in [0.2, 0.25) is 0 Å². The number of tetrazole rings is 1. The SMILES string of the molecule is Cc1nnnn1-c1cccc(NC(=O)C(=O)NC[C@@H](O)c2ccccc2)c1. The number of nitrogens with zero attached hydrogens (tertiary/aromatic N) is 4. The van der Waals surface area contributed by atoms with Gasteiger partial charge in [-0.05, 0) is 41.1 Å². The molecule has 0 aliphatic heterocycles. The fraction of sp³-hybridized carbons (Fsp3) is 0.167. The Kier molecular flexibility index (Phi) is 5.53. The number of carbonyl (C=O) groups excluding carboxylic acids is 2. The molecule has 0 fully saturated rings. The van der Waals surface area contributed by atoms with Gasteiger partial charge in [-0.25, -0.2) is 0 Å². The maximum atomic E-state index is 12.1. The molecule has 0 aliphatic rings. The molecule has 2 amide bonds. The molecule has 0 saturated heterocycles. The normalized spacial score (nSPS) is 11.6. The monoisotopic (exact) mass is 366 g/mol. The van der Waals surface area contributed by atoms with Crippen molar-refractivity contribution < 1.29 is 14.7 Å². The molecule has 1 atom stereocenters. The van der Waals surface area contributed by atoms with Crippen molar-refractivity contribution in [1.82, 2.24) is 25.5 Å². The zero-order valence-corrected chi connectivity index (χ0v) is 14.5. The van der Waals surface area contributed by atoms with Crippen LogP contribution in [0.15, 0.2) is 54.6 Å². The van der Waals surface area contributed by atoms with E-state index in [-0.39, 0.29) is 6.54 Å². The van der Waals surface area contributed by atoms with Crippen LogP contribution < -0.4 is 10.6 Å². The van der Waals surface area contributed by atoms with Gasteiger partial charge >= 0.3 is 11.8 Å². The van der Waals surface area contributed by atoms with E-state index >= 15 is 0 Å². The van der Waals surface area contributed by atoms with Crippen LogP contribution in [-0.4, -0.2) is 43.7 Å². The molecule has 3 aromatic rings. The second-order valence-electron chi connectivity index (χ2n) is 5.78. The van der Waals surface area contributed by atoms with Crippen LogP contribution in [0.5, 0.6) is 0 Å². The first-order valence-electron chi connectivity index (χ1n) is 8.22. The highest BCUT2D eigenvalue weighted by molar-refractivity contribution is 6.39. The minimum atomic E-state index is -0.894. The number of nitrogens with one attached hydrogen (secondary N) is 2. The number of aromatic nitrogens is 4. The van der Waals surface area contributed by atoms with E-state index < -0.39 is 17.9 Å². The first-order chi connectivity index (χ1) is 13.0. The van der Waals surface area contributed by atoms with Gasteiger partial charge in [0.25, 0.3) is 0 Å². The molecular formula is C18H18N6O3. The molecule has 0 aliphatic carbocycles. The van der Waals surface area contributed by atoms with Gasteiger partial charge < -0.3 is 15.7 Å². The van der Waals surface area contributed by atoms with Crippen LogP contribution >= 0.6 is 0 Å². The molecule has 0 saturated carbocycles. The Balaban J connectivity index is 1.58. The molecule has 27 heavy (non-hydrogen) atoms. The average molecular weight is 366 g/mol. The number of anilines is 1. The minimum Gasteiger partial charge on any atom is -0.387 e. The van der Waals surface area contributed by atoms with Gasteiger partial charge in [0.2, 0.25) is 0 Å². The zero-order chi connectivity index (χ0) is 19.2. The third kappa shape index (κ3) is 4.53. The lowest BCUT2D eigenvalue weighted by Crippen LogP contribution is -2.37. The molecule has 0 spiro atoms. The third-order valence-corrected chi connectivity index (χ3v) is 3.82. The fourth-order valence-corrected chi connectivity index (χ4v) is 2.44. The van der Waals surface area contributed by atoms with E-state index in [1.54, 1.807) is 55.5 Å². The molecule has 0 bridgehead atoms. The Hall–Kier alpha value is -3.59. The van der Waals surface area contributed by atoms with Gasteiger partial charge in [-0.1, -0.05) is 36.4 Å². The van der Waals surface area contributed by atoms with Crippen molar-refractivity contribution in [3.05, 3.63) is 66.0 Å². The number of rotatable bonds is 5. The van der Waals surface area contributed by atoms with Crippen molar-refractivity contribution in [2.75, 3.05) is 11.9 Å². The number of aliphatic hydroxyl groups excluding tert-OH is 1. The minimum absolute atomic E-state index is 0.0693. The quantitative estimate of drug-likeness (QED) is 0.573. The maximum absolute atomic E-state index is 12.1. The van der Waals surface area contributed by atoms with Crippen LogP contribution in [0.25, 0.3) is 5.69 Å². The van der Waals surface area contributed by atoms with E-state index in [9.17, 15) is 14.7 Å². The van der Waals surface area contributed by atoms with Gasteiger partial charge in [-0.3, -0.25) is 9.59 Å². The number of benzene rings is 2. The Bertz CT molecular complexity index is 941. The summed E-state index contributed by atoms with van der Waals surface area (Å²) in [6.45, 7) is 1.68. The van der Waals surface area contributed by atoms with Gasteiger partial charge in [0.15, 0.2) is 5.82 Å². The highest BCUT2D eigenvalue weighted by atomic mass is 16.3. The average Bonchev–Trinajstić information content (AvgIpc) is 3.12. The number of aliphatic hydroxyl groups is 1. The van der Waals surface area contributed by atoms with Crippen LogP contribution in [0.1, 0.15) is 17.5 Å². The van der Waals surface area contributed by atoms with E-state index in [0.717, 1.165) is 0 Å². The standard InChI is InChI=1S/C18H18N6O3/c1-12-21-22-23-24(12)15-9-5-8-14(10-15)20-18(27)17(26)19-11-16(25)13-6-3-2-4-7-13/h2-10,16,25H,11H2,1H3,(H,19,26)(H,20,27)/t16-/m1/s1. The van der Waals surface area contributed by atoms with Gasteiger partial charge in [-0.2, -0.15) is 4.68 Å². The Morgan fingerprint density at radius 3 is 2.59 bits per heavy atom. The molecule has 9 heteroatoms. The van der Waals surface area contributed by atoms with Crippen molar-refractivity contribution in [2.45, 2.75) is 13.0 Å². The lowest BCUT2D eigenvalue weighted by Gasteiger charge is -2.12.